The molecule has 3 rings (SSSR count). The van der Waals surface area contributed by atoms with Crippen LogP contribution in [0.2, 0.25) is 0 Å². The van der Waals surface area contributed by atoms with Crippen molar-refractivity contribution in [3.63, 3.8) is 0 Å². The van der Waals surface area contributed by atoms with Gasteiger partial charge in [0.25, 0.3) is 0 Å². The van der Waals surface area contributed by atoms with Gasteiger partial charge in [-0.15, -0.1) is 24.8 Å². The monoisotopic (exact) mass is 399 g/mol. The van der Waals surface area contributed by atoms with Gasteiger partial charge >= 0.3 is 6.36 Å². The lowest BCUT2D eigenvalue weighted by atomic mass is 10.0. The van der Waals surface area contributed by atoms with Gasteiger partial charge in [0.2, 0.25) is 5.91 Å². The molecule has 1 aliphatic heterocycles. The summed E-state index contributed by atoms with van der Waals surface area (Å²) in [6.45, 7) is 0.219. The van der Waals surface area contributed by atoms with Crippen LogP contribution in [0.5, 0.6) is 11.5 Å². The number of amides is 1. The van der Waals surface area contributed by atoms with Crippen molar-refractivity contribution in [2.24, 2.45) is 0 Å². The highest BCUT2D eigenvalue weighted by atomic mass is 35.5. The topological polar surface area (TPSA) is 38.8 Å². The van der Waals surface area contributed by atoms with E-state index in [1.54, 1.807) is 12.0 Å². The highest BCUT2D eigenvalue weighted by Gasteiger charge is 2.40. The van der Waals surface area contributed by atoms with Crippen molar-refractivity contribution in [1.29, 1.82) is 0 Å². The standard InChI is InChI=1S/C19H17ClF3NO3/c1-26-17-5-3-2-4-14(17)16-10-15(20)18(25)24(16)11-12-6-8-13(9-7-12)27-19(21,22)23/h2-9,15-16H,10-11H2,1H3/t15-,16-/m0/s1. The van der Waals surface area contributed by atoms with E-state index in [1.807, 2.05) is 24.3 Å². The Kier molecular flexibility index (Phi) is 5.51. The average molecular weight is 400 g/mol. The molecule has 1 fully saturated rings. The number of carbonyl (C=O) groups is 1. The Bertz CT molecular complexity index is 811. The van der Waals surface area contributed by atoms with Crippen LogP contribution in [0.25, 0.3) is 0 Å². The predicted octanol–water partition coefficient (Wildman–Crippen LogP) is 4.67. The molecule has 8 heteroatoms. The van der Waals surface area contributed by atoms with Gasteiger partial charge in [0.05, 0.1) is 13.2 Å². The molecular weight excluding hydrogens is 383 g/mol. The second kappa shape index (κ2) is 7.68. The van der Waals surface area contributed by atoms with Crippen LogP contribution < -0.4 is 9.47 Å². The average Bonchev–Trinajstić information content (AvgIpc) is 2.90. The third kappa shape index (κ3) is 4.47. The van der Waals surface area contributed by atoms with Crippen LogP contribution in [-0.2, 0) is 11.3 Å². The summed E-state index contributed by atoms with van der Waals surface area (Å²) >= 11 is 6.18. The maximum absolute atomic E-state index is 12.5. The molecule has 1 saturated heterocycles. The van der Waals surface area contributed by atoms with E-state index in [-0.39, 0.29) is 24.2 Å². The summed E-state index contributed by atoms with van der Waals surface area (Å²) in [4.78, 5) is 14.1. The van der Waals surface area contributed by atoms with Crippen LogP contribution in [0.15, 0.2) is 48.5 Å². The second-order valence-corrected chi connectivity index (χ2v) is 6.65. The lowest BCUT2D eigenvalue weighted by Crippen LogP contribution is -2.29. The summed E-state index contributed by atoms with van der Waals surface area (Å²) in [5.74, 6) is 0.124. The Morgan fingerprint density at radius 3 is 2.44 bits per heavy atom. The predicted molar refractivity (Wildman–Crippen MR) is 93.7 cm³/mol. The molecule has 2 aromatic rings. The molecule has 1 heterocycles. The summed E-state index contributed by atoms with van der Waals surface area (Å²) in [6.07, 6.45) is -4.32. The second-order valence-electron chi connectivity index (χ2n) is 6.12. The van der Waals surface area contributed by atoms with E-state index in [0.29, 0.717) is 17.7 Å². The van der Waals surface area contributed by atoms with E-state index in [2.05, 4.69) is 4.74 Å². The molecule has 2 aromatic carbocycles. The van der Waals surface area contributed by atoms with Gasteiger partial charge in [0.1, 0.15) is 16.9 Å². The molecule has 0 aromatic heterocycles. The number of halogens is 4. The SMILES string of the molecule is COc1ccccc1[C@@H]1C[C@H](Cl)C(=O)N1Cc1ccc(OC(F)(F)F)cc1. The maximum atomic E-state index is 12.5. The molecule has 4 nitrogen and oxygen atoms in total. The van der Waals surface area contributed by atoms with Crippen LogP contribution in [0.1, 0.15) is 23.6 Å². The van der Waals surface area contributed by atoms with Gasteiger partial charge in [0, 0.05) is 12.1 Å². The van der Waals surface area contributed by atoms with E-state index in [9.17, 15) is 18.0 Å². The van der Waals surface area contributed by atoms with Gasteiger partial charge in [-0.05, 0) is 30.2 Å². The first-order valence-corrected chi connectivity index (χ1v) is 8.64. The van der Waals surface area contributed by atoms with Crippen molar-refractivity contribution in [1.82, 2.24) is 4.90 Å². The number of likely N-dealkylation sites (tertiary alicyclic amines) is 1. The number of alkyl halides is 4. The smallest absolute Gasteiger partial charge is 0.496 e. The molecule has 27 heavy (non-hydrogen) atoms. The number of para-hydroxylation sites is 1. The van der Waals surface area contributed by atoms with Crippen LogP contribution in [0, 0.1) is 0 Å². The Morgan fingerprint density at radius 2 is 1.81 bits per heavy atom. The number of rotatable bonds is 5. The Hall–Kier alpha value is -2.41. The largest absolute Gasteiger partial charge is 0.573 e. The van der Waals surface area contributed by atoms with E-state index in [0.717, 1.165) is 5.56 Å². The van der Waals surface area contributed by atoms with Gasteiger partial charge < -0.3 is 14.4 Å². The molecule has 0 N–H and O–H groups in total. The third-order valence-electron chi connectivity index (χ3n) is 4.37. The van der Waals surface area contributed by atoms with Crippen LogP contribution in [0.3, 0.4) is 0 Å². The zero-order valence-electron chi connectivity index (χ0n) is 14.4. The van der Waals surface area contributed by atoms with Crippen LogP contribution in [-0.4, -0.2) is 29.7 Å². The number of methoxy groups -OCH3 is 1. The van der Waals surface area contributed by atoms with Gasteiger partial charge in [-0.3, -0.25) is 4.79 Å². The first kappa shape index (κ1) is 19.4. The van der Waals surface area contributed by atoms with Gasteiger partial charge in [-0.25, -0.2) is 0 Å². The molecule has 1 aliphatic rings. The summed E-state index contributed by atoms with van der Waals surface area (Å²) in [5.41, 5.74) is 1.51. The number of nitrogens with zero attached hydrogens (tertiary/aromatic N) is 1. The van der Waals surface area contributed by atoms with Gasteiger partial charge in [-0.2, -0.15) is 0 Å². The van der Waals surface area contributed by atoms with Crippen LogP contribution >= 0.6 is 11.6 Å². The van der Waals surface area contributed by atoms with Crippen molar-refractivity contribution in [2.75, 3.05) is 7.11 Å². The molecule has 0 radical (unpaired) electrons. The zero-order chi connectivity index (χ0) is 19.6. The number of ether oxygens (including phenoxy) is 2. The van der Waals surface area contributed by atoms with E-state index >= 15 is 0 Å². The maximum Gasteiger partial charge on any atom is 0.573 e. The minimum absolute atomic E-state index is 0.219. The van der Waals surface area contributed by atoms with Crippen molar-refractivity contribution < 1.29 is 27.4 Å². The van der Waals surface area contributed by atoms with Crippen molar-refractivity contribution in [2.45, 2.75) is 30.7 Å². The Morgan fingerprint density at radius 1 is 1.15 bits per heavy atom. The Balaban J connectivity index is 1.82. The van der Waals surface area contributed by atoms with Crippen molar-refractivity contribution in [3.05, 3.63) is 59.7 Å². The zero-order valence-corrected chi connectivity index (χ0v) is 15.1. The van der Waals surface area contributed by atoms with Crippen molar-refractivity contribution in [3.8, 4) is 11.5 Å². The molecular formula is C19H17ClF3NO3. The number of carbonyl (C=O) groups excluding carboxylic acids is 1. The highest BCUT2D eigenvalue weighted by molar-refractivity contribution is 6.31. The van der Waals surface area contributed by atoms with E-state index in [1.165, 1.54) is 24.3 Å². The molecule has 0 aliphatic carbocycles. The third-order valence-corrected chi connectivity index (χ3v) is 4.73. The first-order chi connectivity index (χ1) is 12.8. The summed E-state index contributed by atoms with van der Waals surface area (Å²) in [5, 5.41) is -0.659. The lowest BCUT2D eigenvalue weighted by Gasteiger charge is -2.26. The minimum atomic E-state index is -4.74. The molecule has 0 saturated carbocycles. The molecule has 144 valence electrons. The quantitative estimate of drug-likeness (QED) is 0.685. The van der Waals surface area contributed by atoms with Gasteiger partial charge in [-0.1, -0.05) is 30.3 Å². The molecule has 2 atom stereocenters. The van der Waals surface area contributed by atoms with E-state index < -0.39 is 11.7 Å². The summed E-state index contributed by atoms with van der Waals surface area (Å²) < 4.78 is 46.1. The molecule has 0 bridgehead atoms. The molecule has 1 amide bonds. The fraction of sp³-hybridized carbons (Fsp3) is 0.316. The fourth-order valence-corrected chi connectivity index (χ4v) is 3.47. The number of hydrogen-bond acceptors (Lipinski definition) is 3. The first-order valence-electron chi connectivity index (χ1n) is 8.20. The van der Waals surface area contributed by atoms with Crippen LogP contribution in [0.4, 0.5) is 13.2 Å². The van der Waals surface area contributed by atoms with Crippen molar-refractivity contribution >= 4 is 17.5 Å². The minimum Gasteiger partial charge on any atom is -0.496 e. The Labute approximate surface area is 159 Å². The molecule has 0 unspecified atom stereocenters. The summed E-state index contributed by atoms with van der Waals surface area (Å²) in [7, 11) is 1.55. The highest BCUT2D eigenvalue weighted by Crippen LogP contribution is 2.40. The van der Waals surface area contributed by atoms with E-state index in [4.69, 9.17) is 16.3 Å². The number of hydrogen-bond donors (Lipinski definition) is 0. The molecule has 0 spiro atoms. The lowest BCUT2D eigenvalue weighted by molar-refractivity contribution is -0.274. The van der Waals surface area contributed by atoms with Gasteiger partial charge in [0.15, 0.2) is 0 Å². The normalized spacial score (nSPS) is 20.0. The number of benzene rings is 2. The summed E-state index contributed by atoms with van der Waals surface area (Å²) in [6, 6.07) is 12.5. The fourth-order valence-electron chi connectivity index (χ4n) is 3.18.